The van der Waals surface area contributed by atoms with Crippen molar-refractivity contribution in [2.45, 2.75) is 37.7 Å². The molecule has 5 heteroatoms. The number of carboxylic acid groups (broad SMARTS) is 1. The molecule has 0 spiro atoms. The van der Waals surface area contributed by atoms with E-state index in [0.717, 1.165) is 18.5 Å². The van der Waals surface area contributed by atoms with Gasteiger partial charge in [0.15, 0.2) is 0 Å². The fourth-order valence-corrected chi connectivity index (χ4v) is 2.39. The molecule has 0 aliphatic heterocycles. The molecule has 88 valence electrons. The second-order valence-corrected chi connectivity index (χ2v) is 4.54. The molecule has 0 atom stereocenters. The predicted molar refractivity (Wildman–Crippen MR) is 56.7 cm³/mol. The third-order valence-electron chi connectivity index (χ3n) is 3.40. The number of rotatable bonds is 3. The Morgan fingerprint density at radius 3 is 2.75 bits per heavy atom. The van der Waals surface area contributed by atoms with Crippen LogP contribution in [0.4, 0.5) is 0 Å². The van der Waals surface area contributed by atoms with E-state index in [1.807, 2.05) is 0 Å². The standard InChI is InChI=1S/C11H16N2O3/c14-10(15)5-8-1-3-11(16,4-2-8)9-6-12-7-13-9/h6-8,16H,1-5H2,(H,12,13)(H,14,15). The van der Waals surface area contributed by atoms with E-state index >= 15 is 0 Å². The summed E-state index contributed by atoms with van der Waals surface area (Å²) in [6.45, 7) is 0. The predicted octanol–water partition coefficient (Wildman–Crippen LogP) is 1.26. The molecule has 1 fully saturated rings. The number of hydrogen-bond donors (Lipinski definition) is 3. The maximum atomic E-state index is 10.6. The van der Waals surface area contributed by atoms with Crippen LogP contribution in [0.25, 0.3) is 0 Å². The minimum atomic E-state index is -0.842. The molecular weight excluding hydrogens is 208 g/mol. The van der Waals surface area contributed by atoms with Gasteiger partial charge in [-0.15, -0.1) is 0 Å². The van der Waals surface area contributed by atoms with Crippen LogP contribution in [0.2, 0.25) is 0 Å². The van der Waals surface area contributed by atoms with Gasteiger partial charge in [-0.1, -0.05) is 0 Å². The monoisotopic (exact) mass is 224 g/mol. The molecule has 1 aromatic heterocycles. The van der Waals surface area contributed by atoms with Crippen molar-refractivity contribution in [2.75, 3.05) is 0 Å². The number of aliphatic carboxylic acids is 1. The van der Waals surface area contributed by atoms with Crippen LogP contribution >= 0.6 is 0 Å². The number of H-pyrrole nitrogens is 1. The van der Waals surface area contributed by atoms with Crippen molar-refractivity contribution in [3.63, 3.8) is 0 Å². The summed E-state index contributed by atoms with van der Waals surface area (Å²) in [6.07, 6.45) is 6.11. The van der Waals surface area contributed by atoms with Crippen LogP contribution in [-0.4, -0.2) is 26.2 Å². The molecule has 0 unspecified atom stereocenters. The van der Waals surface area contributed by atoms with Crippen molar-refractivity contribution in [1.29, 1.82) is 0 Å². The lowest BCUT2D eigenvalue weighted by atomic mass is 9.76. The summed E-state index contributed by atoms with van der Waals surface area (Å²) >= 11 is 0. The van der Waals surface area contributed by atoms with E-state index in [2.05, 4.69) is 9.97 Å². The number of carboxylic acids is 1. The van der Waals surface area contributed by atoms with Gasteiger partial charge in [-0.2, -0.15) is 0 Å². The Balaban J connectivity index is 1.96. The highest BCUT2D eigenvalue weighted by atomic mass is 16.4. The van der Waals surface area contributed by atoms with Gasteiger partial charge in [0.05, 0.1) is 18.2 Å². The first-order valence-electron chi connectivity index (χ1n) is 5.53. The topological polar surface area (TPSA) is 86.2 Å². The van der Waals surface area contributed by atoms with Crippen molar-refractivity contribution >= 4 is 5.97 Å². The van der Waals surface area contributed by atoms with E-state index < -0.39 is 11.6 Å². The van der Waals surface area contributed by atoms with E-state index in [1.54, 1.807) is 12.5 Å². The number of nitrogens with zero attached hydrogens (tertiary/aromatic N) is 1. The molecule has 1 aromatic rings. The molecule has 1 aliphatic rings. The van der Waals surface area contributed by atoms with Gasteiger partial charge in [-0.05, 0) is 31.6 Å². The van der Waals surface area contributed by atoms with Crippen molar-refractivity contribution in [1.82, 2.24) is 9.97 Å². The van der Waals surface area contributed by atoms with E-state index in [9.17, 15) is 9.90 Å². The normalized spacial score (nSPS) is 30.2. The Morgan fingerprint density at radius 1 is 1.56 bits per heavy atom. The van der Waals surface area contributed by atoms with Crippen LogP contribution in [0.1, 0.15) is 37.8 Å². The second-order valence-electron chi connectivity index (χ2n) is 4.54. The molecule has 0 amide bonds. The van der Waals surface area contributed by atoms with Crippen LogP contribution in [0, 0.1) is 5.92 Å². The molecule has 16 heavy (non-hydrogen) atoms. The average Bonchev–Trinajstić information content (AvgIpc) is 2.75. The van der Waals surface area contributed by atoms with Crippen LogP contribution in [0.5, 0.6) is 0 Å². The van der Waals surface area contributed by atoms with Crippen LogP contribution in [0.3, 0.4) is 0 Å². The van der Waals surface area contributed by atoms with Gasteiger partial charge in [-0.25, -0.2) is 4.98 Å². The van der Waals surface area contributed by atoms with Gasteiger partial charge < -0.3 is 15.2 Å². The van der Waals surface area contributed by atoms with Crippen molar-refractivity contribution in [2.24, 2.45) is 5.92 Å². The van der Waals surface area contributed by atoms with Gasteiger partial charge in [0.2, 0.25) is 0 Å². The second kappa shape index (κ2) is 4.25. The Morgan fingerprint density at radius 2 is 2.25 bits per heavy atom. The molecule has 0 radical (unpaired) electrons. The van der Waals surface area contributed by atoms with Gasteiger partial charge >= 0.3 is 5.97 Å². The minimum Gasteiger partial charge on any atom is -0.481 e. The number of imidazole rings is 1. The Hall–Kier alpha value is -1.36. The van der Waals surface area contributed by atoms with Gasteiger partial charge in [0, 0.05) is 6.42 Å². The van der Waals surface area contributed by atoms with Crippen LogP contribution in [-0.2, 0) is 10.4 Å². The van der Waals surface area contributed by atoms with Gasteiger partial charge in [0.1, 0.15) is 5.60 Å². The molecule has 1 saturated carbocycles. The van der Waals surface area contributed by atoms with Gasteiger partial charge in [-0.3, -0.25) is 4.79 Å². The summed E-state index contributed by atoms with van der Waals surface area (Å²) < 4.78 is 0. The summed E-state index contributed by atoms with van der Waals surface area (Å²) in [5.74, 6) is -0.558. The van der Waals surface area contributed by atoms with Crippen LogP contribution in [0.15, 0.2) is 12.5 Å². The maximum absolute atomic E-state index is 10.6. The molecule has 0 bridgehead atoms. The summed E-state index contributed by atoms with van der Waals surface area (Å²) in [6, 6.07) is 0. The summed E-state index contributed by atoms with van der Waals surface area (Å²) in [5.41, 5.74) is -0.104. The molecule has 5 nitrogen and oxygen atoms in total. The maximum Gasteiger partial charge on any atom is 0.303 e. The number of aromatic nitrogens is 2. The fourth-order valence-electron chi connectivity index (χ4n) is 2.39. The fraction of sp³-hybridized carbons (Fsp3) is 0.636. The third-order valence-corrected chi connectivity index (χ3v) is 3.40. The first-order chi connectivity index (χ1) is 7.60. The average molecular weight is 224 g/mol. The summed E-state index contributed by atoms with van der Waals surface area (Å²) in [5, 5.41) is 19.1. The van der Waals surface area contributed by atoms with Crippen molar-refractivity contribution < 1.29 is 15.0 Å². The third kappa shape index (κ3) is 2.24. The molecule has 1 aliphatic carbocycles. The highest BCUT2D eigenvalue weighted by molar-refractivity contribution is 5.67. The SMILES string of the molecule is O=C(O)CC1CCC(O)(c2cnc[nH]2)CC1. The van der Waals surface area contributed by atoms with E-state index in [1.165, 1.54) is 0 Å². The largest absolute Gasteiger partial charge is 0.481 e. The zero-order valence-corrected chi connectivity index (χ0v) is 9.02. The van der Waals surface area contributed by atoms with Crippen molar-refractivity contribution in [3.05, 3.63) is 18.2 Å². The zero-order chi connectivity index (χ0) is 11.6. The zero-order valence-electron chi connectivity index (χ0n) is 9.02. The Kier molecular flexibility index (Phi) is 2.96. The lowest BCUT2D eigenvalue weighted by molar-refractivity contribution is -0.139. The molecule has 0 saturated heterocycles. The number of carbonyl (C=O) groups is 1. The molecule has 1 heterocycles. The molecule has 2 rings (SSSR count). The first kappa shape index (κ1) is 11.1. The van der Waals surface area contributed by atoms with E-state index in [4.69, 9.17) is 5.11 Å². The minimum absolute atomic E-state index is 0.195. The number of aromatic amines is 1. The Labute approximate surface area is 93.5 Å². The lowest BCUT2D eigenvalue weighted by Crippen LogP contribution is -2.32. The quantitative estimate of drug-likeness (QED) is 0.721. The Bertz CT molecular complexity index is 353. The molecule has 3 N–H and O–H groups in total. The van der Waals surface area contributed by atoms with E-state index in [-0.39, 0.29) is 12.3 Å². The summed E-state index contributed by atoms with van der Waals surface area (Å²) in [7, 11) is 0. The smallest absolute Gasteiger partial charge is 0.303 e. The van der Waals surface area contributed by atoms with Crippen LogP contribution < -0.4 is 0 Å². The van der Waals surface area contributed by atoms with Crippen molar-refractivity contribution in [3.8, 4) is 0 Å². The number of aliphatic hydroxyl groups is 1. The van der Waals surface area contributed by atoms with E-state index in [0.29, 0.717) is 12.8 Å². The molecular formula is C11H16N2O3. The first-order valence-corrected chi connectivity index (χ1v) is 5.53. The summed E-state index contributed by atoms with van der Waals surface area (Å²) in [4.78, 5) is 17.4. The number of hydrogen-bond acceptors (Lipinski definition) is 3. The van der Waals surface area contributed by atoms with Gasteiger partial charge in [0.25, 0.3) is 0 Å². The highest BCUT2D eigenvalue weighted by Crippen LogP contribution is 2.39. The lowest BCUT2D eigenvalue weighted by Gasteiger charge is -2.34. The highest BCUT2D eigenvalue weighted by Gasteiger charge is 2.36. The molecule has 0 aromatic carbocycles. The number of nitrogens with one attached hydrogen (secondary N) is 1.